The summed E-state index contributed by atoms with van der Waals surface area (Å²) in [6.07, 6.45) is 4.71. The molecule has 6 heteroatoms. The number of likely N-dealkylation sites (N-methyl/N-ethyl adjacent to an activating group) is 1. The van der Waals surface area contributed by atoms with Gasteiger partial charge in [0, 0.05) is 25.4 Å². The normalized spacial score (nSPS) is 10.5. The van der Waals surface area contributed by atoms with Crippen molar-refractivity contribution < 1.29 is 9.59 Å². The van der Waals surface area contributed by atoms with Gasteiger partial charge in [-0.3, -0.25) is 14.6 Å². The number of aromatic nitrogens is 2. The Morgan fingerprint density at radius 3 is 2.14 bits per heavy atom. The molecular formula is C22H34N4O2. The average Bonchev–Trinajstić information content (AvgIpc) is 2.70. The minimum Gasteiger partial charge on any atom is -0.355 e. The van der Waals surface area contributed by atoms with Gasteiger partial charge >= 0.3 is 0 Å². The highest BCUT2D eigenvalue weighted by molar-refractivity contribution is 5.95. The lowest BCUT2D eigenvalue weighted by Crippen LogP contribution is -2.48. The number of hydrogen-bond acceptors (Lipinski definition) is 4. The Hall–Kier alpha value is -2.76. The fourth-order valence-electron chi connectivity index (χ4n) is 2.01. The summed E-state index contributed by atoms with van der Waals surface area (Å²) in [6.45, 7) is 12.8. The molecule has 2 amide bonds. The molecule has 1 atom stereocenters. The van der Waals surface area contributed by atoms with E-state index >= 15 is 0 Å². The van der Waals surface area contributed by atoms with E-state index in [4.69, 9.17) is 0 Å². The Balaban J connectivity index is 0.00000108. The second kappa shape index (κ2) is 15.3. The van der Waals surface area contributed by atoms with E-state index in [0.717, 1.165) is 11.5 Å². The zero-order chi connectivity index (χ0) is 21.4. The maximum Gasteiger partial charge on any atom is 0.272 e. The van der Waals surface area contributed by atoms with Crippen LogP contribution < -0.4 is 10.6 Å². The minimum absolute atomic E-state index is 0.185. The molecule has 0 aliphatic carbocycles. The van der Waals surface area contributed by atoms with Crippen molar-refractivity contribution in [3.8, 4) is 0 Å². The van der Waals surface area contributed by atoms with Crippen molar-refractivity contribution >= 4 is 11.8 Å². The van der Waals surface area contributed by atoms with Gasteiger partial charge < -0.3 is 10.6 Å². The number of hydrogen-bond donors (Lipinski definition) is 2. The topological polar surface area (TPSA) is 84.0 Å². The summed E-state index contributed by atoms with van der Waals surface area (Å²) in [5.74, 6) is 0.198. The molecule has 0 fully saturated rings. The van der Waals surface area contributed by atoms with E-state index in [1.807, 2.05) is 51.1 Å². The summed E-state index contributed by atoms with van der Waals surface area (Å²) in [7, 11) is 0. The predicted octanol–water partition coefficient (Wildman–Crippen LogP) is 3.64. The van der Waals surface area contributed by atoms with E-state index in [1.54, 1.807) is 0 Å². The molecule has 154 valence electrons. The van der Waals surface area contributed by atoms with Crippen LogP contribution in [0, 0.1) is 5.92 Å². The first-order valence-electron chi connectivity index (χ1n) is 9.82. The van der Waals surface area contributed by atoms with Crippen molar-refractivity contribution in [2.24, 2.45) is 5.92 Å². The van der Waals surface area contributed by atoms with Crippen LogP contribution in [0.15, 0.2) is 48.9 Å². The van der Waals surface area contributed by atoms with Crippen LogP contribution in [0.25, 0.3) is 0 Å². The Morgan fingerprint density at radius 1 is 1.04 bits per heavy atom. The minimum atomic E-state index is -0.656. The van der Waals surface area contributed by atoms with E-state index in [0.29, 0.717) is 13.0 Å². The summed E-state index contributed by atoms with van der Waals surface area (Å²) in [5, 5.41) is 5.45. The summed E-state index contributed by atoms with van der Waals surface area (Å²) < 4.78 is 0. The molecule has 2 N–H and O–H groups in total. The molecule has 2 aromatic rings. The number of carbonyl (C=O) groups is 2. The number of rotatable bonds is 6. The molecule has 0 aliphatic rings. The van der Waals surface area contributed by atoms with Crippen LogP contribution in [0.5, 0.6) is 0 Å². The van der Waals surface area contributed by atoms with E-state index in [2.05, 4.69) is 41.4 Å². The van der Waals surface area contributed by atoms with Gasteiger partial charge in [0.15, 0.2) is 0 Å². The second-order valence-corrected chi connectivity index (χ2v) is 6.43. The largest absolute Gasteiger partial charge is 0.355 e. The fraction of sp³-hybridized carbons (Fsp3) is 0.455. The Morgan fingerprint density at radius 2 is 1.64 bits per heavy atom. The molecule has 2 rings (SSSR count). The van der Waals surface area contributed by atoms with Gasteiger partial charge in [-0.25, -0.2) is 4.98 Å². The number of amides is 2. The monoisotopic (exact) mass is 386 g/mol. The Kier molecular flexibility index (Phi) is 13.8. The number of nitrogens with zero attached hydrogens (tertiary/aromatic N) is 2. The highest BCUT2D eigenvalue weighted by atomic mass is 16.2. The zero-order valence-electron chi connectivity index (χ0n) is 17.9. The lowest BCUT2D eigenvalue weighted by Gasteiger charge is -2.18. The lowest BCUT2D eigenvalue weighted by molar-refractivity contribution is -0.122. The van der Waals surface area contributed by atoms with Crippen LogP contribution in [-0.4, -0.2) is 34.4 Å². The van der Waals surface area contributed by atoms with Gasteiger partial charge in [0.1, 0.15) is 11.7 Å². The van der Waals surface area contributed by atoms with Crippen LogP contribution in [-0.2, 0) is 11.2 Å². The van der Waals surface area contributed by atoms with Gasteiger partial charge in [-0.1, -0.05) is 65.0 Å². The summed E-state index contributed by atoms with van der Waals surface area (Å²) in [4.78, 5) is 32.1. The fourth-order valence-corrected chi connectivity index (χ4v) is 2.01. The van der Waals surface area contributed by atoms with Gasteiger partial charge in [0.2, 0.25) is 5.91 Å². The molecule has 28 heavy (non-hydrogen) atoms. The van der Waals surface area contributed by atoms with Gasteiger partial charge in [0.25, 0.3) is 5.91 Å². The first kappa shape index (κ1) is 25.2. The molecule has 0 saturated heterocycles. The molecular weight excluding hydrogens is 352 g/mol. The van der Waals surface area contributed by atoms with E-state index in [1.165, 1.54) is 18.6 Å². The van der Waals surface area contributed by atoms with Gasteiger partial charge in [-0.15, -0.1) is 0 Å². The molecule has 1 aromatic carbocycles. The van der Waals surface area contributed by atoms with E-state index in [-0.39, 0.29) is 11.6 Å². The third-order valence-corrected chi connectivity index (χ3v) is 3.05. The summed E-state index contributed by atoms with van der Waals surface area (Å²) in [6, 6.07) is 8.88. The van der Waals surface area contributed by atoms with Crippen LogP contribution in [0.4, 0.5) is 0 Å². The molecule has 0 spiro atoms. The molecule has 0 bridgehead atoms. The molecule has 0 saturated carbocycles. The third kappa shape index (κ3) is 11.1. The number of carbonyl (C=O) groups excluding carboxylic acids is 2. The number of benzene rings is 1. The highest BCUT2D eigenvalue weighted by Gasteiger charge is 2.21. The third-order valence-electron chi connectivity index (χ3n) is 3.05. The number of nitrogens with one attached hydrogen (secondary N) is 2. The van der Waals surface area contributed by atoms with Crippen molar-refractivity contribution in [2.75, 3.05) is 6.54 Å². The lowest BCUT2D eigenvalue weighted by atomic mass is 10.1. The van der Waals surface area contributed by atoms with Crippen molar-refractivity contribution in [3.63, 3.8) is 0 Å². The molecule has 6 nitrogen and oxygen atoms in total. The summed E-state index contributed by atoms with van der Waals surface area (Å²) in [5.41, 5.74) is 1.16. The van der Waals surface area contributed by atoms with Crippen LogP contribution in [0.1, 0.15) is 57.6 Å². The molecule has 1 unspecified atom stereocenters. The maximum atomic E-state index is 12.2. The van der Waals surface area contributed by atoms with E-state index in [9.17, 15) is 9.59 Å². The molecule has 1 aromatic heterocycles. The van der Waals surface area contributed by atoms with Gasteiger partial charge in [0.05, 0.1) is 6.20 Å². The van der Waals surface area contributed by atoms with Crippen LogP contribution in [0.3, 0.4) is 0 Å². The zero-order valence-corrected chi connectivity index (χ0v) is 17.9. The smallest absolute Gasteiger partial charge is 0.272 e. The van der Waals surface area contributed by atoms with Gasteiger partial charge in [-0.2, -0.15) is 0 Å². The van der Waals surface area contributed by atoms with Crippen LogP contribution in [0.2, 0.25) is 0 Å². The van der Waals surface area contributed by atoms with Crippen molar-refractivity contribution in [3.05, 3.63) is 60.2 Å². The molecule has 0 radical (unpaired) electrons. The molecule has 0 aliphatic heterocycles. The molecule has 1 heterocycles. The van der Waals surface area contributed by atoms with Gasteiger partial charge in [-0.05, 0) is 18.4 Å². The summed E-state index contributed by atoms with van der Waals surface area (Å²) >= 11 is 0. The maximum absolute atomic E-state index is 12.2. The first-order chi connectivity index (χ1) is 13.4. The van der Waals surface area contributed by atoms with Crippen molar-refractivity contribution in [2.45, 2.75) is 54.0 Å². The Bertz CT molecular complexity index is 658. The SMILES string of the molecule is CC.CC(C)C.CCNC(=O)C(Cc1ccccc1)NC(=O)c1cnccn1. The average molecular weight is 387 g/mol. The Labute approximate surface area is 169 Å². The quantitative estimate of drug-likeness (QED) is 0.794. The standard InChI is InChI=1S/C16H18N4O2.C4H10.C2H6/c1-2-18-15(21)13(10-12-6-4-3-5-7-12)20-16(22)14-11-17-8-9-19-14;1-4(2)3;1-2/h3-9,11,13H,2,10H2,1H3,(H,18,21)(H,20,22);4H,1-3H3;1-2H3. The highest BCUT2D eigenvalue weighted by Crippen LogP contribution is 2.04. The van der Waals surface area contributed by atoms with E-state index < -0.39 is 11.9 Å². The predicted molar refractivity (Wildman–Crippen MR) is 114 cm³/mol. The van der Waals surface area contributed by atoms with Crippen LogP contribution >= 0.6 is 0 Å². The van der Waals surface area contributed by atoms with Crippen molar-refractivity contribution in [1.29, 1.82) is 0 Å². The second-order valence-electron chi connectivity index (χ2n) is 6.43. The first-order valence-corrected chi connectivity index (χ1v) is 9.82. The van der Waals surface area contributed by atoms with Crippen molar-refractivity contribution in [1.82, 2.24) is 20.6 Å².